The summed E-state index contributed by atoms with van der Waals surface area (Å²) in [6.07, 6.45) is -0.246. The summed E-state index contributed by atoms with van der Waals surface area (Å²) in [5, 5.41) is 11.4. The van der Waals surface area contributed by atoms with E-state index in [1.807, 2.05) is 0 Å². The van der Waals surface area contributed by atoms with Gasteiger partial charge in [-0.3, -0.25) is 10.1 Å². The lowest BCUT2D eigenvalue weighted by Crippen LogP contribution is -2.53. The molecule has 0 bridgehead atoms. The van der Waals surface area contributed by atoms with Gasteiger partial charge in [0, 0.05) is 31.9 Å². The molecule has 0 unspecified atom stereocenters. The van der Waals surface area contributed by atoms with Gasteiger partial charge in [0.2, 0.25) is 12.3 Å². The molecule has 0 aromatic rings. The molecule has 29 heavy (non-hydrogen) atoms. The lowest BCUT2D eigenvalue weighted by molar-refractivity contribution is -0.502. The Hall–Kier alpha value is -2.83. The Kier molecular flexibility index (Phi) is 6.11. The van der Waals surface area contributed by atoms with E-state index in [1.165, 1.54) is 18.7 Å². The zero-order valence-electron chi connectivity index (χ0n) is 17.3. The van der Waals surface area contributed by atoms with Gasteiger partial charge >= 0.3 is 6.09 Å². The summed E-state index contributed by atoms with van der Waals surface area (Å²) in [7, 11) is 0. The molecular weight excluding hydrogens is 384 g/mol. The van der Waals surface area contributed by atoms with E-state index in [4.69, 9.17) is 14.2 Å². The van der Waals surface area contributed by atoms with Gasteiger partial charge < -0.3 is 19.1 Å². The van der Waals surface area contributed by atoms with Crippen LogP contribution in [0.4, 0.5) is 4.79 Å². The average molecular weight is 410 g/mol. The summed E-state index contributed by atoms with van der Waals surface area (Å²) in [6.45, 7) is 8.00. The summed E-state index contributed by atoms with van der Waals surface area (Å²) in [6, 6.07) is 0. The largest absolute Gasteiger partial charge is 0.445 e. The van der Waals surface area contributed by atoms with E-state index in [1.54, 1.807) is 32.7 Å². The van der Waals surface area contributed by atoms with Crippen molar-refractivity contribution in [2.24, 2.45) is 11.3 Å². The van der Waals surface area contributed by atoms with E-state index in [-0.39, 0.29) is 37.4 Å². The van der Waals surface area contributed by atoms with Crippen molar-refractivity contribution < 1.29 is 33.5 Å². The number of rotatable bonds is 3. The molecule has 2 fully saturated rings. The maximum absolute atomic E-state index is 12.3. The summed E-state index contributed by atoms with van der Waals surface area (Å²) in [5.74, 6) is 0.481. The zero-order valence-corrected chi connectivity index (χ0v) is 17.3. The van der Waals surface area contributed by atoms with Crippen LogP contribution in [0, 0.1) is 21.4 Å². The molecule has 0 radical (unpaired) electrons. The molecule has 0 saturated carbocycles. The summed E-state index contributed by atoms with van der Waals surface area (Å²) < 4.78 is 16.4. The highest BCUT2D eigenvalue weighted by Crippen LogP contribution is 2.49. The highest BCUT2D eigenvalue weighted by molar-refractivity contribution is 5.68. The molecule has 2 rings (SSSR count). The average Bonchev–Trinajstić information content (AvgIpc) is 2.58. The minimum absolute atomic E-state index is 0.140. The van der Waals surface area contributed by atoms with Gasteiger partial charge in [-0.05, 0) is 33.6 Å². The van der Waals surface area contributed by atoms with Crippen LogP contribution in [0.25, 0.3) is 0 Å². The lowest BCUT2D eigenvalue weighted by atomic mass is 9.66. The fourth-order valence-electron chi connectivity index (χ4n) is 3.76. The first-order chi connectivity index (χ1) is 13.3. The number of hydrogen-bond acceptors (Lipinski definition) is 8. The van der Waals surface area contributed by atoms with Gasteiger partial charge in [-0.1, -0.05) is 0 Å². The van der Waals surface area contributed by atoms with Crippen molar-refractivity contribution in [3.63, 3.8) is 0 Å². The number of ether oxygens (including phenoxy) is 3. The molecule has 0 aliphatic carbocycles. The van der Waals surface area contributed by atoms with Crippen LogP contribution in [0.2, 0.25) is 0 Å². The monoisotopic (exact) mass is 410 g/mol. The van der Waals surface area contributed by atoms with Crippen LogP contribution in [0.3, 0.4) is 0 Å². The molecule has 0 aromatic carbocycles. The Labute approximate surface area is 168 Å². The summed E-state index contributed by atoms with van der Waals surface area (Å²) in [5.41, 5.74) is -1.85. The number of hydrogen-bond donors (Lipinski definition) is 0. The molecule has 0 atom stereocenters. The fourth-order valence-corrected chi connectivity index (χ4v) is 3.76. The zero-order chi connectivity index (χ0) is 22.0. The van der Waals surface area contributed by atoms with Crippen LogP contribution in [-0.4, -0.2) is 58.8 Å². The van der Waals surface area contributed by atoms with E-state index in [0.29, 0.717) is 0 Å². The highest BCUT2D eigenvalue weighted by Gasteiger charge is 2.55. The SMILES string of the molecule is CC(C)(C)OC(=O)N1CCC(C[N+](=O)[O-])(C2C(=C=O)OC(C)(C)OC2=C=O)CC1. The quantitative estimate of drug-likeness (QED) is 0.393. The van der Waals surface area contributed by atoms with Gasteiger partial charge in [-0.2, -0.15) is 0 Å². The molecule has 2 saturated heterocycles. The fraction of sp³-hybridized carbons (Fsp3) is 0.737. The second kappa shape index (κ2) is 7.89. The Balaban J connectivity index is 2.35. The summed E-state index contributed by atoms with van der Waals surface area (Å²) >= 11 is 0. The molecular formula is C19H26N2O8. The molecule has 0 N–H and O–H groups in total. The maximum Gasteiger partial charge on any atom is 0.410 e. The van der Waals surface area contributed by atoms with E-state index in [2.05, 4.69) is 0 Å². The van der Waals surface area contributed by atoms with Gasteiger partial charge in [-0.25, -0.2) is 14.4 Å². The van der Waals surface area contributed by atoms with Gasteiger partial charge in [0.25, 0.3) is 0 Å². The Morgan fingerprint density at radius 3 is 2.07 bits per heavy atom. The van der Waals surface area contributed by atoms with Crippen molar-refractivity contribution >= 4 is 18.0 Å². The number of carbonyl (C=O) groups excluding carboxylic acids is 3. The van der Waals surface area contributed by atoms with E-state index in [0.717, 1.165) is 0 Å². The molecule has 2 aliphatic heterocycles. The van der Waals surface area contributed by atoms with Crippen LogP contribution < -0.4 is 0 Å². The first kappa shape index (κ1) is 22.5. The van der Waals surface area contributed by atoms with Gasteiger partial charge in [0.05, 0.1) is 5.41 Å². The van der Waals surface area contributed by atoms with Crippen molar-refractivity contribution in [1.82, 2.24) is 4.90 Å². The van der Waals surface area contributed by atoms with Crippen molar-refractivity contribution in [3.05, 3.63) is 21.6 Å². The van der Waals surface area contributed by atoms with Crippen LogP contribution >= 0.6 is 0 Å². The topological polar surface area (TPSA) is 125 Å². The number of nitro groups is 1. The second-order valence-corrected chi connectivity index (χ2v) is 8.79. The predicted molar refractivity (Wildman–Crippen MR) is 99.5 cm³/mol. The Morgan fingerprint density at radius 1 is 1.21 bits per heavy atom. The standard InChI is InChI=1S/C19H26N2O8/c1-17(2,3)29-16(24)20-8-6-19(7-9-20,12-21(25)26)15-13(10-22)27-18(4,5)28-14(15)11-23/h15H,6-9,12H2,1-5H3. The Morgan fingerprint density at radius 2 is 1.69 bits per heavy atom. The molecule has 2 aliphatic rings. The molecule has 0 aromatic heterocycles. The van der Waals surface area contributed by atoms with Gasteiger partial charge in [0.1, 0.15) is 11.5 Å². The number of piperidine rings is 1. The third-order valence-corrected chi connectivity index (χ3v) is 4.90. The molecule has 0 spiro atoms. The van der Waals surface area contributed by atoms with Gasteiger partial charge in [-0.15, -0.1) is 0 Å². The smallest absolute Gasteiger partial charge is 0.410 e. The molecule has 10 heteroatoms. The van der Waals surface area contributed by atoms with Crippen molar-refractivity contribution in [1.29, 1.82) is 0 Å². The van der Waals surface area contributed by atoms with E-state index >= 15 is 0 Å². The minimum Gasteiger partial charge on any atom is -0.445 e. The maximum atomic E-state index is 12.3. The van der Waals surface area contributed by atoms with Crippen molar-refractivity contribution in [2.45, 2.75) is 58.8 Å². The third-order valence-electron chi connectivity index (χ3n) is 4.90. The number of carbonyl (C=O) groups is 1. The molecule has 160 valence electrons. The summed E-state index contributed by atoms with van der Waals surface area (Å²) in [4.78, 5) is 47.9. The minimum atomic E-state index is -1.30. The van der Waals surface area contributed by atoms with Crippen LogP contribution in [0.5, 0.6) is 0 Å². The lowest BCUT2D eigenvalue weighted by Gasteiger charge is -2.47. The Bertz CT molecular complexity index is 747. The van der Waals surface area contributed by atoms with Crippen LogP contribution in [0.1, 0.15) is 47.5 Å². The first-order valence-electron chi connectivity index (χ1n) is 9.30. The van der Waals surface area contributed by atoms with E-state index in [9.17, 15) is 24.5 Å². The van der Waals surface area contributed by atoms with Crippen molar-refractivity contribution in [3.8, 4) is 0 Å². The van der Waals surface area contributed by atoms with E-state index < -0.39 is 40.3 Å². The second-order valence-electron chi connectivity index (χ2n) is 8.79. The molecule has 10 nitrogen and oxygen atoms in total. The number of amides is 1. The molecule has 2 heterocycles. The molecule has 1 amide bonds. The first-order valence-corrected chi connectivity index (χ1v) is 9.30. The predicted octanol–water partition coefficient (Wildman–Crippen LogP) is 2.11. The number of likely N-dealkylation sites (tertiary alicyclic amines) is 1. The number of nitrogens with zero attached hydrogens (tertiary/aromatic N) is 2. The normalized spacial score (nSPS) is 23.2. The third kappa shape index (κ3) is 5.16. The van der Waals surface area contributed by atoms with Crippen molar-refractivity contribution in [2.75, 3.05) is 19.6 Å². The van der Waals surface area contributed by atoms with Gasteiger partial charge in [0.15, 0.2) is 23.4 Å². The highest BCUT2D eigenvalue weighted by atomic mass is 16.7. The van der Waals surface area contributed by atoms with Crippen LogP contribution in [0.15, 0.2) is 11.5 Å². The van der Waals surface area contributed by atoms with Crippen LogP contribution in [-0.2, 0) is 23.8 Å².